The topological polar surface area (TPSA) is 142 Å². The number of amides is 4. The van der Waals surface area contributed by atoms with Crippen LogP contribution in [0.15, 0.2) is 70.2 Å². The Balaban J connectivity index is 1.41. The molecule has 10 nitrogen and oxygen atoms in total. The van der Waals surface area contributed by atoms with Crippen LogP contribution < -0.4 is 21.4 Å². The third kappa shape index (κ3) is 8.29. The molecule has 0 aliphatic rings. The third-order valence-electron chi connectivity index (χ3n) is 4.29. The van der Waals surface area contributed by atoms with E-state index in [1.165, 1.54) is 30.5 Å². The number of anilines is 1. The number of hydrogen-bond acceptors (Lipinski definition) is 6. The van der Waals surface area contributed by atoms with E-state index in [1.807, 2.05) is 30.3 Å². The number of nitrogens with one attached hydrogen (secondary N) is 4. The molecule has 0 saturated heterocycles. The second-order valence-electron chi connectivity index (χ2n) is 6.97. The molecular formula is C23H19Cl2N5O5. The Hall–Kier alpha value is -4.15. The molecule has 0 radical (unpaired) electrons. The van der Waals surface area contributed by atoms with Crippen molar-refractivity contribution in [3.63, 3.8) is 0 Å². The summed E-state index contributed by atoms with van der Waals surface area (Å²) in [4.78, 5) is 47.6. The van der Waals surface area contributed by atoms with Crippen LogP contribution in [0.5, 0.6) is 0 Å². The molecule has 35 heavy (non-hydrogen) atoms. The van der Waals surface area contributed by atoms with Gasteiger partial charge in [0.2, 0.25) is 0 Å². The number of rotatable bonds is 7. The average molecular weight is 516 g/mol. The highest BCUT2D eigenvalue weighted by atomic mass is 35.5. The van der Waals surface area contributed by atoms with Gasteiger partial charge in [-0.15, -0.1) is 0 Å². The molecule has 0 unspecified atom stereocenters. The summed E-state index contributed by atoms with van der Waals surface area (Å²) in [6.45, 7) is 0.125. The lowest BCUT2D eigenvalue weighted by Gasteiger charge is -2.06. The molecule has 0 bridgehead atoms. The molecule has 0 spiro atoms. The molecule has 180 valence electrons. The largest absolute Gasteiger partial charge is 0.458 e. The first-order valence-electron chi connectivity index (χ1n) is 10.1. The number of halogens is 2. The summed E-state index contributed by atoms with van der Waals surface area (Å²) >= 11 is 11.7. The number of carbonyl (C=O) groups is 4. The molecule has 0 fully saturated rings. The van der Waals surface area contributed by atoms with Crippen molar-refractivity contribution in [2.75, 3.05) is 5.32 Å². The van der Waals surface area contributed by atoms with E-state index in [4.69, 9.17) is 27.6 Å². The minimum Gasteiger partial charge on any atom is -0.458 e. The molecule has 2 aromatic carbocycles. The number of furan rings is 1. The van der Waals surface area contributed by atoms with Gasteiger partial charge >= 0.3 is 23.6 Å². The molecule has 4 N–H and O–H groups in total. The lowest BCUT2D eigenvalue weighted by molar-refractivity contribution is -0.139. The van der Waals surface area contributed by atoms with E-state index in [0.29, 0.717) is 15.8 Å². The second kappa shape index (κ2) is 12.4. The van der Waals surface area contributed by atoms with Gasteiger partial charge < -0.3 is 20.4 Å². The zero-order valence-corrected chi connectivity index (χ0v) is 19.5. The maximum Gasteiger partial charge on any atom is 0.329 e. The van der Waals surface area contributed by atoms with E-state index in [-0.39, 0.29) is 24.5 Å². The van der Waals surface area contributed by atoms with Gasteiger partial charge in [0.25, 0.3) is 0 Å². The van der Waals surface area contributed by atoms with Crippen LogP contribution in [0.4, 0.5) is 5.69 Å². The Morgan fingerprint density at radius 1 is 0.800 bits per heavy atom. The van der Waals surface area contributed by atoms with Crippen molar-refractivity contribution in [2.24, 2.45) is 5.10 Å². The van der Waals surface area contributed by atoms with Crippen molar-refractivity contribution in [2.45, 2.75) is 13.1 Å². The van der Waals surface area contributed by atoms with Gasteiger partial charge in [-0.25, -0.2) is 5.43 Å². The van der Waals surface area contributed by atoms with Crippen LogP contribution in [-0.2, 0) is 32.3 Å². The summed E-state index contributed by atoms with van der Waals surface area (Å²) in [5, 5.41) is 11.5. The minimum atomic E-state index is -0.941. The highest BCUT2D eigenvalue weighted by Gasteiger charge is 2.15. The van der Waals surface area contributed by atoms with Crippen LogP contribution in [0, 0.1) is 0 Å². The Morgan fingerprint density at radius 3 is 2.17 bits per heavy atom. The first-order valence-corrected chi connectivity index (χ1v) is 10.8. The molecule has 4 amide bonds. The van der Waals surface area contributed by atoms with Gasteiger partial charge in [-0.2, -0.15) is 5.10 Å². The van der Waals surface area contributed by atoms with Crippen molar-refractivity contribution in [3.05, 3.63) is 87.8 Å². The molecule has 0 saturated carbocycles. The molecule has 0 aliphatic heterocycles. The van der Waals surface area contributed by atoms with Crippen LogP contribution in [0.25, 0.3) is 0 Å². The lowest BCUT2D eigenvalue weighted by atomic mass is 10.2. The Bertz CT molecular complexity index is 1240. The minimum absolute atomic E-state index is 0.0787. The van der Waals surface area contributed by atoms with Gasteiger partial charge in [-0.05, 0) is 35.9 Å². The van der Waals surface area contributed by atoms with Crippen molar-refractivity contribution >= 4 is 58.7 Å². The monoisotopic (exact) mass is 515 g/mol. The van der Waals surface area contributed by atoms with Gasteiger partial charge in [0.1, 0.15) is 11.5 Å². The summed E-state index contributed by atoms with van der Waals surface area (Å²) < 4.78 is 5.43. The lowest BCUT2D eigenvalue weighted by Crippen LogP contribution is -2.37. The highest BCUT2D eigenvalue weighted by molar-refractivity contribution is 6.40. The third-order valence-corrected chi connectivity index (χ3v) is 4.73. The average Bonchev–Trinajstić information content (AvgIpc) is 3.28. The van der Waals surface area contributed by atoms with Crippen LogP contribution in [-0.4, -0.2) is 29.8 Å². The van der Waals surface area contributed by atoms with E-state index in [2.05, 4.69) is 26.5 Å². The molecule has 3 aromatic rings. The highest BCUT2D eigenvalue weighted by Crippen LogP contribution is 2.22. The molecule has 1 heterocycles. The van der Waals surface area contributed by atoms with E-state index < -0.39 is 23.6 Å². The van der Waals surface area contributed by atoms with Gasteiger partial charge in [-0.1, -0.05) is 53.5 Å². The van der Waals surface area contributed by atoms with Crippen LogP contribution >= 0.6 is 23.2 Å². The zero-order chi connectivity index (χ0) is 25.2. The maximum absolute atomic E-state index is 12.0. The first kappa shape index (κ1) is 25.5. The fourth-order valence-electron chi connectivity index (χ4n) is 2.68. The van der Waals surface area contributed by atoms with E-state index in [0.717, 1.165) is 5.56 Å². The normalized spacial score (nSPS) is 10.6. The van der Waals surface area contributed by atoms with Crippen molar-refractivity contribution < 1.29 is 23.6 Å². The second-order valence-corrected chi connectivity index (χ2v) is 7.84. The molecular weight excluding hydrogens is 497 g/mol. The van der Waals surface area contributed by atoms with Gasteiger partial charge in [-0.3, -0.25) is 19.2 Å². The first-order chi connectivity index (χ1) is 16.8. The van der Waals surface area contributed by atoms with Crippen molar-refractivity contribution in [1.82, 2.24) is 16.1 Å². The van der Waals surface area contributed by atoms with Gasteiger partial charge in [0, 0.05) is 22.3 Å². The Kier molecular flexibility index (Phi) is 8.99. The fourth-order valence-corrected chi connectivity index (χ4v) is 3.21. The summed E-state index contributed by atoms with van der Waals surface area (Å²) in [5.74, 6) is -3.02. The molecule has 0 aliphatic carbocycles. The van der Waals surface area contributed by atoms with E-state index >= 15 is 0 Å². The van der Waals surface area contributed by atoms with Crippen LogP contribution in [0.3, 0.4) is 0 Å². The standard InChI is InChI=1S/C23H19Cl2N5O5/c24-15-8-16(25)10-17(9-15)29-22(33)20(31)27-12-18-6-7-19(35-18)13-28-30-23(34)21(32)26-11-14-4-2-1-3-5-14/h1-10,13H,11-12H2,(H,26,32)(H,27,31)(H,29,33)(H,30,34)/b28-13+. The summed E-state index contributed by atoms with van der Waals surface area (Å²) in [6, 6.07) is 16.6. The summed E-state index contributed by atoms with van der Waals surface area (Å²) in [6.07, 6.45) is 1.18. The smallest absolute Gasteiger partial charge is 0.329 e. The number of nitrogens with zero attached hydrogens (tertiary/aromatic N) is 1. The maximum atomic E-state index is 12.0. The Morgan fingerprint density at radius 2 is 1.46 bits per heavy atom. The molecule has 0 atom stereocenters. The Labute approximate surface area is 209 Å². The van der Waals surface area contributed by atoms with E-state index in [1.54, 1.807) is 6.07 Å². The van der Waals surface area contributed by atoms with Crippen LogP contribution in [0.2, 0.25) is 10.0 Å². The summed E-state index contributed by atoms with van der Waals surface area (Å²) in [7, 11) is 0. The molecule has 1 aromatic heterocycles. The number of hydrogen-bond donors (Lipinski definition) is 4. The van der Waals surface area contributed by atoms with Crippen molar-refractivity contribution in [3.8, 4) is 0 Å². The predicted molar refractivity (Wildman–Crippen MR) is 130 cm³/mol. The predicted octanol–water partition coefficient (Wildman–Crippen LogP) is 2.61. The van der Waals surface area contributed by atoms with E-state index in [9.17, 15) is 19.2 Å². The number of hydrazone groups is 1. The number of benzene rings is 2. The van der Waals surface area contributed by atoms with Gasteiger partial charge in [0.15, 0.2) is 0 Å². The van der Waals surface area contributed by atoms with Crippen LogP contribution in [0.1, 0.15) is 17.1 Å². The number of carbonyl (C=O) groups excluding carboxylic acids is 4. The molecule has 12 heteroatoms. The quantitative estimate of drug-likeness (QED) is 0.217. The summed E-state index contributed by atoms with van der Waals surface area (Å²) in [5.41, 5.74) is 3.21. The fraction of sp³-hybridized carbons (Fsp3) is 0.0870. The molecule has 3 rings (SSSR count). The zero-order valence-electron chi connectivity index (χ0n) is 18.0. The van der Waals surface area contributed by atoms with Crippen molar-refractivity contribution in [1.29, 1.82) is 0 Å². The van der Waals surface area contributed by atoms with Gasteiger partial charge in [0.05, 0.1) is 12.8 Å². The SMILES string of the molecule is O=C(NCc1ccccc1)C(=O)N/N=C/c1ccc(CNC(=O)C(=O)Nc2cc(Cl)cc(Cl)c2)o1.